The van der Waals surface area contributed by atoms with Gasteiger partial charge in [-0.1, -0.05) is 13.8 Å². The van der Waals surface area contributed by atoms with E-state index >= 15 is 0 Å². The Hall–Kier alpha value is -2.77. The highest BCUT2D eigenvalue weighted by Crippen LogP contribution is 2.25. The van der Waals surface area contributed by atoms with Crippen molar-refractivity contribution >= 4 is 11.7 Å². The molecule has 27 heavy (non-hydrogen) atoms. The molecule has 0 saturated heterocycles. The summed E-state index contributed by atoms with van der Waals surface area (Å²) in [5.41, 5.74) is 2.99. The Morgan fingerprint density at radius 1 is 1.33 bits per heavy atom. The largest absolute Gasteiger partial charge is 0.435 e. The maximum atomic E-state index is 12.6. The van der Waals surface area contributed by atoms with Crippen LogP contribution in [0, 0.1) is 12.8 Å². The Bertz CT molecular complexity index is 842. The highest BCUT2D eigenvalue weighted by atomic mass is 19.3. The minimum atomic E-state index is -2.88. The number of hydrogen-bond acceptors (Lipinski definition) is 4. The van der Waals surface area contributed by atoms with E-state index in [1.807, 2.05) is 0 Å². The normalized spacial score (nSPS) is 13.2. The molecule has 1 aromatic heterocycles. The Morgan fingerprint density at radius 3 is 2.78 bits per heavy atom. The molecular formula is C19H22F2N4O2. The molecule has 2 aromatic rings. The molecule has 0 radical (unpaired) electrons. The molecule has 3 rings (SSSR count). The van der Waals surface area contributed by atoms with Crippen molar-refractivity contribution < 1.29 is 18.3 Å². The van der Waals surface area contributed by atoms with Gasteiger partial charge in [-0.3, -0.25) is 0 Å². The Balaban J connectivity index is 1.65. The fraction of sp³-hybridized carbons (Fsp3) is 0.421. The van der Waals surface area contributed by atoms with Crippen LogP contribution < -0.4 is 10.1 Å². The molecular weight excluding hydrogens is 354 g/mol. The molecule has 0 saturated carbocycles. The molecule has 1 N–H and O–H groups in total. The molecule has 8 heteroatoms. The van der Waals surface area contributed by atoms with Gasteiger partial charge in [0, 0.05) is 23.9 Å². The number of benzene rings is 1. The van der Waals surface area contributed by atoms with Crippen molar-refractivity contribution in [1.82, 2.24) is 14.9 Å². The summed E-state index contributed by atoms with van der Waals surface area (Å²) >= 11 is 0. The molecule has 1 aromatic carbocycles. The number of anilines is 1. The van der Waals surface area contributed by atoms with Crippen LogP contribution in [0.3, 0.4) is 0 Å². The summed E-state index contributed by atoms with van der Waals surface area (Å²) in [5.74, 6) is 1.31. The zero-order valence-electron chi connectivity index (χ0n) is 15.5. The second kappa shape index (κ2) is 7.85. The van der Waals surface area contributed by atoms with E-state index < -0.39 is 6.61 Å². The van der Waals surface area contributed by atoms with Gasteiger partial charge in [-0.05, 0) is 36.6 Å². The van der Waals surface area contributed by atoms with Crippen LogP contribution in [-0.2, 0) is 19.5 Å². The number of carbonyl (C=O) groups is 1. The predicted molar refractivity (Wildman–Crippen MR) is 96.7 cm³/mol. The van der Waals surface area contributed by atoms with Gasteiger partial charge >= 0.3 is 12.6 Å². The lowest BCUT2D eigenvalue weighted by atomic mass is 10.1. The number of amides is 2. The first-order chi connectivity index (χ1) is 12.8. The molecule has 0 fully saturated rings. The molecule has 0 spiro atoms. The molecule has 144 valence electrons. The molecule has 0 bridgehead atoms. The third-order valence-corrected chi connectivity index (χ3v) is 4.25. The maximum Gasteiger partial charge on any atom is 0.387 e. The fourth-order valence-corrected chi connectivity index (χ4v) is 2.95. The number of halogens is 2. The number of fused-ring (bicyclic) bond motifs is 1. The highest BCUT2D eigenvalue weighted by molar-refractivity contribution is 5.90. The van der Waals surface area contributed by atoms with E-state index in [9.17, 15) is 13.6 Å². The predicted octanol–water partition coefficient (Wildman–Crippen LogP) is 4.13. The first-order valence-electron chi connectivity index (χ1n) is 8.77. The molecule has 0 atom stereocenters. The van der Waals surface area contributed by atoms with Crippen LogP contribution >= 0.6 is 0 Å². The average molecular weight is 376 g/mol. The van der Waals surface area contributed by atoms with Gasteiger partial charge in [-0.2, -0.15) is 8.78 Å². The zero-order valence-corrected chi connectivity index (χ0v) is 15.5. The third kappa shape index (κ3) is 4.69. The maximum absolute atomic E-state index is 12.6. The van der Waals surface area contributed by atoms with Crippen LogP contribution in [0.2, 0.25) is 0 Å². The Kier molecular flexibility index (Phi) is 5.53. The first kappa shape index (κ1) is 19.0. The van der Waals surface area contributed by atoms with Crippen LogP contribution in [0.15, 0.2) is 24.4 Å². The molecule has 1 aliphatic rings. The minimum absolute atomic E-state index is 0.0574. The minimum Gasteiger partial charge on any atom is -0.435 e. The third-order valence-electron chi connectivity index (χ3n) is 4.25. The highest BCUT2D eigenvalue weighted by Gasteiger charge is 2.25. The monoisotopic (exact) mass is 376 g/mol. The van der Waals surface area contributed by atoms with Crippen molar-refractivity contribution in [3.8, 4) is 5.75 Å². The number of ether oxygens (including phenoxy) is 1. The van der Waals surface area contributed by atoms with Crippen molar-refractivity contribution in [2.45, 2.75) is 46.9 Å². The quantitative estimate of drug-likeness (QED) is 0.852. The van der Waals surface area contributed by atoms with Gasteiger partial charge in [0.25, 0.3) is 0 Å². The number of carbonyl (C=O) groups excluding carboxylic acids is 1. The van der Waals surface area contributed by atoms with E-state index in [0.29, 0.717) is 30.3 Å². The Morgan fingerprint density at radius 2 is 2.11 bits per heavy atom. The van der Waals surface area contributed by atoms with E-state index in [0.717, 1.165) is 23.5 Å². The number of rotatable bonds is 5. The smallest absolute Gasteiger partial charge is 0.387 e. The number of hydrogen-bond donors (Lipinski definition) is 1. The first-order valence-corrected chi connectivity index (χ1v) is 8.77. The number of alkyl halides is 2. The summed E-state index contributed by atoms with van der Waals surface area (Å²) < 4.78 is 28.9. The van der Waals surface area contributed by atoms with E-state index in [1.54, 1.807) is 24.1 Å². The topological polar surface area (TPSA) is 67.3 Å². The molecule has 6 nitrogen and oxygen atoms in total. The number of aromatic nitrogens is 2. The second-order valence-corrected chi connectivity index (χ2v) is 7.00. The summed E-state index contributed by atoms with van der Waals surface area (Å²) in [6.07, 6.45) is 2.58. The molecule has 2 heterocycles. The van der Waals surface area contributed by atoms with Crippen molar-refractivity contribution in [3.63, 3.8) is 0 Å². The van der Waals surface area contributed by atoms with Crippen molar-refractivity contribution in [1.29, 1.82) is 0 Å². The lowest BCUT2D eigenvalue weighted by Gasteiger charge is -2.17. The summed E-state index contributed by atoms with van der Waals surface area (Å²) in [4.78, 5) is 23.2. The summed E-state index contributed by atoms with van der Waals surface area (Å²) in [7, 11) is 0. The molecule has 2 amide bonds. The van der Waals surface area contributed by atoms with Crippen molar-refractivity contribution in [3.05, 3.63) is 47.0 Å². The molecule has 1 aliphatic heterocycles. The SMILES string of the molecule is Cc1cc(OC(F)F)ccc1NC(=O)N1Cc2cnc(CC(C)C)nc2C1. The van der Waals surface area contributed by atoms with E-state index in [-0.39, 0.29) is 11.8 Å². The van der Waals surface area contributed by atoms with Crippen LogP contribution in [0.25, 0.3) is 0 Å². The van der Waals surface area contributed by atoms with Gasteiger partial charge in [0.15, 0.2) is 0 Å². The van der Waals surface area contributed by atoms with Gasteiger partial charge in [-0.25, -0.2) is 14.8 Å². The number of urea groups is 1. The fourth-order valence-electron chi connectivity index (χ4n) is 2.95. The van der Waals surface area contributed by atoms with Crippen LogP contribution in [0.4, 0.5) is 19.3 Å². The summed E-state index contributed by atoms with van der Waals surface area (Å²) in [5, 5.41) is 2.81. The van der Waals surface area contributed by atoms with Crippen molar-refractivity contribution in [2.24, 2.45) is 5.92 Å². The van der Waals surface area contributed by atoms with E-state index in [1.165, 1.54) is 12.1 Å². The summed E-state index contributed by atoms with van der Waals surface area (Å²) in [6, 6.07) is 4.14. The number of nitrogens with zero attached hydrogens (tertiary/aromatic N) is 3. The van der Waals surface area contributed by atoms with Gasteiger partial charge in [-0.15, -0.1) is 0 Å². The van der Waals surface area contributed by atoms with Gasteiger partial charge in [0.2, 0.25) is 0 Å². The van der Waals surface area contributed by atoms with Gasteiger partial charge in [0.1, 0.15) is 11.6 Å². The second-order valence-electron chi connectivity index (χ2n) is 7.00. The molecule has 0 unspecified atom stereocenters. The standard InChI is InChI=1S/C19H22F2N4O2/c1-11(2)6-17-22-8-13-9-25(10-16(13)23-17)19(26)24-15-5-4-14(7-12(15)3)27-18(20)21/h4-5,7-8,11,18H,6,9-10H2,1-3H3,(H,24,26). The molecule has 0 aliphatic carbocycles. The van der Waals surface area contributed by atoms with Gasteiger partial charge in [0.05, 0.1) is 18.8 Å². The number of nitrogens with one attached hydrogen (secondary N) is 1. The lowest BCUT2D eigenvalue weighted by molar-refractivity contribution is -0.0498. The average Bonchev–Trinajstić information content (AvgIpc) is 2.99. The van der Waals surface area contributed by atoms with E-state index in [2.05, 4.69) is 33.9 Å². The van der Waals surface area contributed by atoms with Gasteiger partial charge < -0.3 is 15.0 Å². The van der Waals surface area contributed by atoms with Crippen LogP contribution in [0.5, 0.6) is 5.75 Å². The Labute approximate surface area is 156 Å². The van der Waals surface area contributed by atoms with Crippen LogP contribution in [0.1, 0.15) is 36.5 Å². The number of aryl methyl sites for hydroxylation is 1. The summed E-state index contributed by atoms with van der Waals surface area (Å²) in [6.45, 7) is 3.91. The zero-order chi connectivity index (χ0) is 19.6. The van der Waals surface area contributed by atoms with Crippen molar-refractivity contribution in [2.75, 3.05) is 5.32 Å². The van der Waals surface area contributed by atoms with E-state index in [4.69, 9.17) is 0 Å². The van der Waals surface area contributed by atoms with Crippen LogP contribution in [-0.4, -0.2) is 27.5 Å². The lowest BCUT2D eigenvalue weighted by Crippen LogP contribution is -2.30.